The Balaban J connectivity index is 1.18. The maximum Gasteiger partial charge on any atom is 0.275 e. The van der Waals surface area contributed by atoms with Crippen LogP contribution in [0.5, 0.6) is 0 Å². The summed E-state index contributed by atoms with van der Waals surface area (Å²) in [6, 6.07) is 27.4. The van der Waals surface area contributed by atoms with Gasteiger partial charge in [-0.3, -0.25) is 9.59 Å². The lowest BCUT2D eigenvalue weighted by Crippen LogP contribution is -2.32. The Morgan fingerprint density at radius 2 is 1.54 bits per heavy atom. The number of carbonyl (C=O) groups excluding carboxylic acids is 2. The summed E-state index contributed by atoms with van der Waals surface area (Å²) in [5.74, 6) is -0.164. The SMILES string of the molecule is O=C(Nc1ccccc1-c1ccccc1)c1csc(C2CCC(C(=O)[C@H](O)Cc3ccccc3)CC2)n1. The summed E-state index contributed by atoms with van der Waals surface area (Å²) in [4.78, 5) is 30.5. The zero-order chi connectivity index (χ0) is 25.6. The van der Waals surface area contributed by atoms with E-state index in [1.807, 2.05) is 90.3 Å². The van der Waals surface area contributed by atoms with Crippen LogP contribution in [0.25, 0.3) is 11.1 Å². The molecule has 1 aliphatic rings. The Bertz CT molecular complexity index is 1350. The van der Waals surface area contributed by atoms with Crippen molar-refractivity contribution in [2.75, 3.05) is 5.32 Å². The van der Waals surface area contributed by atoms with Crippen LogP contribution < -0.4 is 5.32 Å². The van der Waals surface area contributed by atoms with Crippen LogP contribution in [0.3, 0.4) is 0 Å². The minimum atomic E-state index is -0.960. The van der Waals surface area contributed by atoms with Gasteiger partial charge >= 0.3 is 0 Å². The van der Waals surface area contributed by atoms with Gasteiger partial charge in [-0.05, 0) is 42.9 Å². The minimum Gasteiger partial charge on any atom is -0.385 e. The number of aromatic nitrogens is 1. The minimum absolute atomic E-state index is 0.0569. The predicted molar refractivity (Wildman–Crippen MR) is 148 cm³/mol. The van der Waals surface area contributed by atoms with Crippen molar-refractivity contribution < 1.29 is 14.7 Å². The molecule has 0 radical (unpaired) electrons. The molecular weight excluding hydrogens is 480 g/mol. The quantitative estimate of drug-likeness (QED) is 0.283. The summed E-state index contributed by atoms with van der Waals surface area (Å²) in [6.45, 7) is 0. The van der Waals surface area contributed by atoms with Crippen LogP contribution in [-0.2, 0) is 11.2 Å². The molecule has 2 N–H and O–H groups in total. The second-order valence-corrected chi connectivity index (χ2v) is 10.5. The lowest BCUT2D eigenvalue weighted by molar-refractivity contribution is -0.132. The third-order valence-corrected chi connectivity index (χ3v) is 8.10. The van der Waals surface area contributed by atoms with E-state index in [2.05, 4.69) is 10.3 Å². The van der Waals surface area contributed by atoms with Gasteiger partial charge in [-0.2, -0.15) is 0 Å². The average molecular weight is 511 g/mol. The van der Waals surface area contributed by atoms with Crippen molar-refractivity contribution in [3.63, 3.8) is 0 Å². The number of hydrogen-bond acceptors (Lipinski definition) is 5. The highest BCUT2D eigenvalue weighted by atomic mass is 32.1. The third-order valence-electron chi connectivity index (χ3n) is 7.09. The summed E-state index contributed by atoms with van der Waals surface area (Å²) in [5, 5.41) is 16.3. The van der Waals surface area contributed by atoms with E-state index in [1.165, 1.54) is 11.3 Å². The van der Waals surface area contributed by atoms with E-state index in [1.54, 1.807) is 0 Å². The third kappa shape index (κ3) is 6.04. The molecule has 1 heterocycles. The average Bonchev–Trinajstić information content (AvgIpc) is 3.45. The zero-order valence-corrected chi connectivity index (χ0v) is 21.4. The first-order chi connectivity index (χ1) is 18.1. The first-order valence-corrected chi connectivity index (χ1v) is 13.6. The smallest absolute Gasteiger partial charge is 0.275 e. The number of Topliss-reactive ketones (excluding diaryl/α,β-unsaturated/α-hetero) is 1. The standard InChI is InChI=1S/C31H30N2O3S/c34-28(19-21-9-3-1-4-10-21)29(35)23-15-17-24(18-16-23)31-33-27(20-37-31)30(36)32-26-14-8-7-13-25(26)22-11-5-2-6-12-22/h1-14,20,23-24,28,34H,15-19H2,(H,32,36)/t23?,24?,28-/m1/s1. The van der Waals surface area contributed by atoms with Crippen LogP contribution in [0, 0.1) is 5.92 Å². The number of rotatable bonds is 8. The second-order valence-electron chi connectivity index (χ2n) is 9.59. The first-order valence-electron chi connectivity index (χ1n) is 12.8. The highest BCUT2D eigenvalue weighted by Gasteiger charge is 2.32. The lowest BCUT2D eigenvalue weighted by atomic mass is 9.78. The second kappa shape index (κ2) is 11.6. The molecule has 3 aromatic carbocycles. The monoisotopic (exact) mass is 510 g/mol. The van der Waals surface area contributed by atoms with Crippen molar-refractivity contribution in [1.29, 1.82) is 0 Å². The first kappa shape index (κ1) is 25.1. The van der Waals surface area contributed by atoms with Crippen LogP contribution in [0.15, 0.2) is 90.3 Å². The summed E-state index contributed by atoms with van der Waals surface area (Å²) >= 11 is 1.51. The van der Waals surface area contributed by atoms with Crippen molar-refractivity contribution in [3.8, 4) is 11.1 Å². The number of nitrogens with zero attached hydrogens (tertiary/aromatic N) is 1. The molecule has 1 aliphatic carbocycles. The molecular formula is C31H30N2O3S. The van der Waals surface area contributed by atoms with E-state index >= 15 is 0 Å². The highest BCUT2D eigenvalue weighted by Crippen LogP contribution is 2.38. The molecule has 0 bridgehead atoms. The van der Waals surface area contributed by atoms with Crippen molar-refractivity contribution in [3.05, 3.63) is 107 Å². The molecule has 1 amide bonds. The van der Waals surface area contributed by atoms with E-state index in [0.717, 1.165) is 53.1 Å². The molecule has 1 aromatic heterocycles. The van der Waals surface area contributed by atoms with Gasteiger partial charge in [-0.1, -0.05) is 78.9 Å². The fraction of sp³-hybridized carbons (Fsp3) is 0.258. The van der Waals surface area contributed by atoms with E-state index in [9.17, 15) is 14.7 Å². The summed E-state index contributed by atoms with van der Waals surface area (Å²) in [5.41, 5.74) is 4.14. The van der Waals surface area contributed by atoms with Crippen molar-refractivity contribution in [1.82, 2.24) is 4.98 Å². The maximum absolute atomic E-state index is 13.0. The fourth-order valence-corrected chi connectivity index (χ4v) is 6.03. The molecule has 37 heavy (non-hydrogen) atoms. The molecule has 4 aromatic rings. The number of carbonyl (C=O) groups is 2. The fourth-order valence-electron chi connectivity index (χ4n) is 5.06. The van der Waals surface area contributed by atoms with Crippen molar-refractivity contribution in [2.24, 2.45) is 5.92 Å². The van der Waals surface area contributed by atoms with Gasteiger partial charge in [-0.15, -0.1) is 11.3 Å². The Kier molecular flexibility index (Phi) is 7.87. The van der Waals surface area contributed by atoms with Crippen LogP contribution in [0.4, 0.5) is 5.69 Å². The molecule has 0 saturated heterocycles. The largest absolute Gasteiger partial charge is 0.385 e. The number of aliphatic hydroxyl groups excluding tert-OH is 1. The highest BCUT2D eigenvalue weighted by molar-refractivity contribution is 7.10. The van der Waals surface area contributed by atoms with Crippen LogP contribution in [0.1, 0.15) is 52.7 Å². The van der Waals surface area contributed by atoms with E-state index in [4.69, 9.17) is 0 Å². The zero-order valence-electron chi connectivity index (χ0n) is 20.5. The molecule has 0 aliphatic heterocycles. The Labute approximate surface area is 221 Å². The summed E-state index contributed by atoms with van der Waals surface area (Å²) in [7, 11) is 0. The topological polar surface area (TPSA) is 79.3 Å². The molecule has 1 atom stereocenters. The van der Waals surface area contributed by atoms with Gasteiger partial charge in [0.2, 0.25) is 0 Å². The number of nitrogens with one attached hydrogen (secondary N) is 1. The molecule has 0 spiro atoms. The number of anilines is 1. The lowest BCUT2D eigenvalue weighted by Gasteiger charge is -2.27. The van der Waals surface area contributed by atoms with Crippen LogP contribution in [0.2, 0.25) is 0 Å². The number of hydrogen-bond donors (Lipinski definition) is 2. The van der Waals surface area contributed by atoms with Gasteiger partial charge in [-0.25, -0.2) is 4.98 Å². The van der Waals surface area contributed by atoms with Gasteiger partial charge < -0.3 is 10.4 Å². The number of thiazole rings is 1. The Morgan fingerprint density at radius 3 is 2.27 bits per heavy atom. The molecule has 188 valence electrons. The van der Waals surface area contributed by atoms with Gasteiger partial charge in [0.15, 0.2) is 5.78 Å². The number of ketones is 1. The van der Waals surface area contributed by atoms with Gasteiger partial charge in [0, 0.05) is 34.9 Å². The number of amides is 1. The number of benzene rings is 3. The van der Waals surface area contributed by atoms with Gasteiger partial charge in [0.25, 0.3) is 5.91 Å². The molecule has 1 saturated carbocycles. The van der Waals surface area contributed by atoms with Crippen molar-refractivity contribution in [2.45, 2.75) is 44.1 Å². The number of para-hydroxylation sites is 1. The maximum atomic E-state index is 13.0. The molecule has 1 fully saturated rings. The normalized spacial score (nSPS) is 18.2. The van der Waals surface area contributed by atoms with E-state index in [-0.39, 0.29) is 23.5 Å². The Hall–Kier alpha value is -3.61. The predicted octanol–water partition coefficient (Wildman–Crippen LogP) is 6.51. The summed E-state index contributed by atoms with van der Waals surface area (Å²) < 4.78 is 0. The number of aliphatic hydroxyl groups is 1. The van der Waals surface area contributed by atoms with Crippen molar-refractivity contribution >= 4 is 28.7 Å². The van der Waals surface area contributed by atoms with Crippen LogP contribution >= 0.6 is 11.3 Å². The van der Waals surface area contributed by atoms with E-state index in [0.29, 0.717) is 12.1 Å². The van der Waals surface area contributed by atoms with Gasteiger partial charge in [0.05, 0.1) is 5.01 Å². The molecule has 5 rings (SSSR count). The van der Waals surface area contributed by atoms with Gasteiger partial charge in [0.1, 0.15) is 11.8 Å². The molecule has 6 heteroatoms. The molecule has 0 unspecified atom stereocenters. The Morgan fingerprint density at radius 1 is 0.892 bits per heavy atom. The summed E-state index contributed by atoms with van der Waals surface area (Å²) in [6.07, 6.45) is 2.54. The molecule has 5 nitrogen and oxygen atoms in total. The van der Waals surface area contributed by atoms with Crippen LogP contribution in [-0.4, -0.2) is 27.9 Å². The van der Waals surface area contributed by atoms with E-state index < -0.39 is 6.10 Å².